The minimum absolute atomic E-state index is 0.329. The highest BCUT2D eigenvalue weighted by Gasteiger charge is 2.11. The first-order valence-electron chi connectivity index (χ1n) is 3.96. The maximum absolute atomic E-state index is 5.98. The molecule has 1 rings (SSSR count). The SMILES string of the molecule is CN(C)C(=S)Oc1ccc(Br)c(Cl)c1Cl. The van der Waals surface area contributed by atoms with Crippen LogP contribution in [0.2, 0.25) is 10.0 Å². The van der Waals surface area contributed by atoms with Gasteiger partial charge in [0.25, 0.3) is 5.17 Å². The van der Waals surface area contributed by atoms with E-state index in [-0.39, 0.29) is 0 Å². The van der Waals surface area contributed by atoms with Crippen LogP contribution < -0.4 is 4.74 Å². The highest BCUT2D eigenvalue weighted by Crippen LogP contribution is 2.37. The van der Waals surface area contributed by atoms with E-state index in [1.807, 2.05) is 0 Å². The molecule has 2 nitrogen and oxygen atoms in total. The standard InChI is InChI=1S/C9H8BrCl2NOS/c1-13(2)9(15)14-6-4-3-5(10)7(11)8(6)12/h3-4H,1-2H3. The number of halogens is 3. The fourth-order valence-electron chi connectivity index (χ4n) is 0.772. The molecule has 0 aromatic heterocycles. The number of ether oxygens (including phenoxy) is 1. The zero-order valence-corrected chi connectivity index (χ0v) is 12.0. The van der Waals surface area contributed by atoms with Crippen molar-refractivity contribution in [2.24, 2.45) is 0 Å². The van der Waals surface area contributed by atoms with Crippen LogP contribution in [0.5, 0.6) is 5.75 Å². The molecule has 0 radical (unpaired) electrons. The first-order chi connectivity index (χ1) is 6.93. The number of thiocarbonyl (C=S) groups is 1. The van der Waals surface area contributed by atoms with E-state index in [0.717, 1.165) is 4.47 Å². The van der Waals surface area contributed by atoms with Gasteiger partial charge in [0.1, 0.15) is 5.02 Å². The van der Waals surface area contributed by atoms with Gasteiger partial charge in [-0.15, -0.1) is 0 Å². The Morgan fingerprint density at radius 3 is 2.47 bits per heavy atom. The lowest BCUT2D eigenvalue weighted by Crippen LogP contribution is -2.25. The normalized spacial score (nSPS) is 9.93. The highest BCUT2D eigenvalue weighted by molar-refractivity contribution is 9.10. The van der Waals surface area contributed by atoms with E-state index >= 15 is 0 Å². The van der Waals surface area contributed by atoms with Gasteiger partial charge in [-0.2, -0.15) is 0 Å². The summed E-state index contributed by atoms with van der Waals surface area (Å²) in [5.74, 6) is 0.448. The molecule has 0 fully saturated rings. The molecule has 0 aliphatic rings. The molecule has 0 aliphatic carbocycles. The van der Waals surface area contributed by atoms with Gasteiger partial charge in [-0.3, -0.25) is 0 Å². The van der Waals surface area contributed by atoms with Crippen molar-refractivity contribution in [1.29, 1.82) is 0 Å². The van der Waals surface area contributed by atoms with Gasteiger partial charge in [-0.1, -0.05) is 23.2 Å². The van der Waals surface area contributed by atoms with Gasteiger partial charge < -0.3 is 9.64 Å². The van der Waals surface area contributed by atoms with Crippen molar-refractivity contribution in [1.82, 2.24) is 4.90 Å². The molecule has 0 saturated heterocycles. The van der Waals surface area contributed by atoms with Crippen molar-refractivity contribution >= 4 is 56.5 Å². The third-order valence-electron chi connectivity index (χ3n) is 1.56. The quantitative estimate of drug-likeness (QED) is 0.571. The van der Waals surface area contributed by atoms with Crippen molar-refractivity contribution in [3.63, 3.8) is 0 Å². The fraction of sp³-hybridized carbons (Fsp3) is 0.222. The molecule has 0 saturated carbocycles. The lowest BCUT2D eigenvalue weighted by atomic mass is 10.3. The van der Waals surface area contributed by atoms with Crippen LogP contribution in [0.4, 0.5) is 0 Å². The molecular weight excluding hydrogens is 321 g/mol. The van der Waals surface area contributed by atoms with Crippen LogP contribution in [0.1, 0.15) is 0 Å². The molecule has 0 spiro atoms. The molecule has 0 unspecified atom stereocenters. The largest absolute Gasteiger partial charge is 0.430 e. The third kappa shape index (κ3) is 3.21. The van der Waals surface area contributed by atoms with Gasteiger partial charge in [0, 0.05) is 18.6 Å². The second-order valence-electron chi connectivity index (χ2n) is 2.94. The van der Waals surface area contributed by atoms with Crippen LogP contribution in [0.25, 0.3) is 0 Å². The average Bonchev–Trinajstić information content (AvgIpc) is 2.18. The molecule has 0 amide bonds. The van der Waals surface area contributed by atoms with Gasteiger partial charge in [0.2, 0.25) is 0 Å². The lowest BCUT2D eigenvalue weighted by Gasteiger charge is -2.15. The third-order valence-corrected chi connectivity index (χ3v) is 3.76. The number of hydrogen-bond acceptors (Lipinski definition) is 2. The van der Waals surface area contributed by atoms with Gasteiger partial charge in [-0.25, -0.2) is 0 Å². The number of benzene rings is 1. The van der Waals surface area contributed by atoms with Crippen LogP contribution in [-0.2, 0) is 0 Å². The first-order valence-corrected chi connectivity index (χ1v) is 5.92. The molecule has 1 aromatic carbocycles. The van der Waals surface area contributed by atoms with Gasteiger partial charge in [-0.05, 0) is 40.3 Å². The second kappa shape index (κ2) is 5.34. The summed E-state index contributed by atoms with van der Waals surface area (Å²) in [6, 6.07) is 3.45. The summed E-state index contributed by atoms with van der Waals surface area (Å²) in [4.78, 5) is 1.67. The summed E-state index contributed by atoms with van der Waals surface area (Å²) in [5, 5.41) is 1.08. The molecule has 0 heterocycles. The van der Waals surface area contributed by atoms with Crippen molar-refractivity contribution in [3.8, 4) is 5.75 Å². The minimum Gasteiger partial charge on any atom is -0.430 e. The molecule has 0 N–H and O–H groups in total. The Morgan fingerprint density at radius 1 is 1.33 bits per heavy atom. The summed E-state index contributed by atoms with van der Waals surface area (Å²) < 4.78 is 6.08. The molecule has 15 heavy (non-hydrogen) atoms. The minimum atomic E-state index is 0.329. The van der Waals surface area contributed by atoms with Gasteiger partial charge in [0.05, 0.1) is 5.02 Å². The first kappa shape index (κ1) is 13.0. The van der Waals surface area contributed by atoms with E-state index in [1.54, 1.807) is 31.1 Å². The summed E-state index contributed by atoms with van der Waals surface area (Å²) in [6.45, 7) is 0. The Hall–Kier alpha value is -0.0300. The number of nitrogens with zero attached hydrogens (tertiary/aromatic N) is 1. The topological polar surface area (TPSA) is 12.5 Å². The van der Waals surface area contributed by atoms with E-state index in [0.29, 0.717) is 21.0 Å². The lowest BCUT2D eigenvalue weighted by molar-refractivity contribution is 0.449. The Morgan fingerprint density at radius 2 is 1.93 bits per heavy atom. The summed E-state index contributed by atoms with van der Waals surface area (Å²) >= 11 is 20.2. The van der Waals surface area contributed by atoms with E-state index in [2.05, 4.69) is 15.9 Å². The van der Waals surface area contributed by atoms with Crippen molar-refractivity contribution in [2.45, 2.75) is 0 Å². The maximum Gasteiger partial charge on any atom is 0.264 e. The Bertz CT molecular complexity index is 398. The predicted octanol–water partition coefficient (Wildman–Crippen LogP) is 3.98. The van der Waals surface area contributed by atoms with Gasteiger partial charge >= 0.3 is 0 Å². The molecule has 1 aromatic rings. The predicted molar refractivity (Wildman–Crippen MR) is 71.1 cm³/mol. The Balaban J connectivity index is 2.97. The van der Waals surface area contributed by atoms with Crippen LogP contribution >= 0.6 is 51.3 Å². The molecule has 0 bridgehead atoms. The summed E-state index contributed by atoms with van der Waals surface area (Å²) in [7, 11) is 3.58. The monoisotopic (exact) mass is 327 g/mol. The Kier molecular flexibility index (Phi) is 4.64. The van der Waals surface area contributed by atoms with E-state index in [1.165, 1.54) is 0 Å². The van der Waals surface area contributed by atoms with Crippen LogP contribution in [0, 0.1) is 0 Å². The van der Waals surface area contributed by atoms with Gasteiger partial charge in [0.15, 0.2) is 5.75 Å². The Labute approximate surface area is 112 Å². The van der Waals surface area contributed by atoms with Crippen molar-refractivity contribution < 1.29 is 4.74 Å². The van der Waals surface area contributed by atoms with E-state index in [4.69, 9.17) is 40.2 Å². The van der Waals surface area contributed by atoms with Crippen LogP contribution in [-0.4, -0.2) is 24.2 Å². The summed E-state index contributed by atoms with van der Waals surface area (Å²) in [6.07, 6.45) is 0. The smallest absolute Gasteiger partial charge is 0.264 e. The molecule has 82 valence electrons. The summed E-state index contributed by atoms with van der Waals surface area (Å²) in [5.41, 5.74) is 0. The fourth-order valence-corrected chi connectivity index (χ4v) is 1.67. The van der Waals surface area contributed by atoms with Crippen molar-refractivity contribution in [3.05, 3.63) is 26.7 Å². The molecule has 0 atom stereocenters. The molecular formula is C9H8BrCl2NOS. The molecule has 0 aliphatic heterocycles. The van der Waals surface area contributed by atoms with E-state index in [9.17, 15) is 0 Å². The second-order valence-corrected chi connectivity index (χ2v) is 4.90. The highest BCUT2D eigenvalue weighted by atomic mass is 79.9. The maximum atomic E-state index is 5.98. The van der Waals surface area contributed by atoms with Crippen LogP contribution in [0.15, 0.2) is 16.6 Å². The number of hydrogen-bond donors (Lipinski definition) is 0. The number of rotatable bonds is 1. The average molecular weight is 329 g/mol. The van der Waals surface area contributed by atoms with Crippen molar-refractivity contribution in [2.75, 3.05) is 14.1 Å². The van der Waals surface area contributed by atoms with Crippen LogP contribution in [0.3, 0.4) is 0 Å². The van der Waals surface area contributed by atoms with E-state index < -0.39 is 0 Å². The zero-order chi connectivity index (χ0) is 11.6. The molecule has 6 heteroatoms. The zero-order valence-electron chi connectivity index (χ0n) is 8.05.